The van der Waals surface area contributed by atoms with E-state index in [1.54, 1.807) is 0 Å². The molecule has 1 unspecified atom stereocenters. The highest BCUT2D eigenvalue weighted by Crippen LogP contribution is 2.09. The fraction of sp³-hybridized carbons (Fsp3) is 1.00. The lowest BCUT2D eigenvalue weighted by Crippen LogP contribution is -2.38. The number of likely N-dealkylation sites (tertiary alicyclic amines) is 2. The summed E-state index contributed by atoms with van der Waals surface area (Å²) in [7, 11) is 0. The monoisotopic (exact) mass is 358 g/mol. The Kier molecular flexibility index (Phi) is 11.7. The van der Waals surface area contributed by atoms with E-state index in [0.717, 1.165) is 32.8 Å². The summed E-state index contributed by atoms with van der Waals surface area (Å²) in [5, 5.41) is 9.98. The number of hydrogen-bond acceptors (Lipinski definition) is 6. The smallest absolute Gasteiger partial charge is 0.0900 e. The van der Waals surface area contributed by atoms with Crippen molar-refractivity contribution >= 4 is 0 Å². The van der Waals surface area contributed by atoms with Crippen molar-refractivity contribution in [2.45, 2.75) is 44.6 Å². The number of β-amino-alcohol motifs (C(OH)–C–C–N with tert-alkyl or cyclic N) is 1. The van der Waals surface area contributed by atoms with Gasteiger partial charge >= 0.3 is 0 Å². The second-order valence-electron chi connectivity index (χ2n) is 7.22. The van der Waals surface area contributed by atoms with Crippen LogP contribution < -0.4 is 0 Å². The predicted molar refractivity (Wildman–Crippen MR) is 99.0 cm³/mol. The van der Waals surface area contributed by atoms with E-state index in [2.05, 4.69) is 9.80 Å². The van der Waals surface area contributed by atoms with Gasteiger partial charge in [0.05, 0.1) is 45.7 Å². The van der Waals surface area contributed by atoms with Crippen LogP contribution in [0.4, 0.5) is 0 Å². The minimum atomic E-state index is -0.392. The van der Waals surface area contributed by atoms with Gasteiger partial charge in [0.15, 0.2) is 0 Å². The van der Waals surface area contributed by atoms with E-state index in [0.29, 0.717) is 33.0 Å². The first-order valence-corrected chi connectivity index (χ1v) is 10.2. The van der Waals surface area contributed by atoms with Gasteiger partial charge < -0.3 is 29.1 Å². The second kappa shape index (κ2) is 13.9. The summed E-state index contributed by atoms with van der Waals surface area (Å²) in [4.78, 5) is 4.81. The van der Waals surface area contributed by atoms with E-state index in [-0.39, 0.29) is 0 Å². The van der Waals surface area contributed by atoms with Crippen LogP contribution in [0.25, 0.3) is 0 Å². The minimum Gasteiger partial charge on any atom is -0.389 e. The van der Waals surface area contributed by atoms with Gasteiger partial charge in [0, 0.05) is 13.1 Å². The molecule has 0 spiro atoms. The third kappa shape index (κ3) is 10.5. The average molecular weight is 359 g/mol. The predicted octanol–water partition coefficient (Wildman–Crippen LogP) is 1.37. The van der Waals surface area contributed by atoms with Crippen LogP contribution >= 0.6 is 0 Å². The zero-order chi connectivity index (χ0) is 17.6. The van der Waals surface area contributed by atoms with Crippen molar-refractivity contribution in [2.24, 2.45) is 0 Å². The molecule has 1 N–H and O–H groups in total. The van der Waals surface area contributed by atoms with Crippen molar-refractivity contribution in [3.8, 4) is 0 Å². The van der Waals surface area contributed by atoms with Gasteiger partial charge in [-0.2, -0.15) is 0 Å². The highest BCUT2D eigenvalue weighted by molar-refractivity contribution is 4.68. The Morgan fingerprint density at radius 1 is 0.640 bits per heavy atom. The summed E-state index contributed by atoms with van der Waals surface area (Å²) in [5.74, 6) is 0. The summed E-state index contributed by atoms with van der Waals surface area (Å²) in [6.07, 6.45) is 7.47. The molecule has 1 atom stereocenters. The Morgan fingerprint density at radius 2 is 1.16 bits per heavy atom. The van der Waals surface area contributed by atoms with E-state index in [1.807, 2.05) is 0 Å². The van der Waals surface area contributed by atoms with E-state index in [1.165, 1.54) is 51.6 Å². The van der Waals surface area contributed by atoms with Crippen molar-refractivity contribution < 1.29 is 19.3 Å². The maximum atomic E-state index is 9.98. The summed E-state index contributed by atoms with van der Waals surface area (Å²) >= 11 is 0. The number of aliphatic hydroxyl groups excluding tert-OH is 1. The molecule has 6 heteroatoms. The maximum Gasteiger partial charge on any atom is 0.0900 e. The van der Waals surface area contributed by atoms with Crippen molar-refractivity contribution in [2.75, 3.05) is 78.9 Å². The normalized spacial score (nSPS) is 21.5. The van der Waals surface area contributed by atoms with Gasteiger partial charge in [-0.3, -0.25) is 0 Å². The molecule has 6 nitrogen and oxygen atoms in total. The maximum absolute atomic E-state index is 9.98. The quantitative estimate of drug-likeness (QED) is 0.502. The highest BCUT2D eigenvalue weighted by Gasteiger charge is 2.14. The molecule has 0 aromatic heterocycles. The Bertz CT molecular complexity index is 308. The van der Waals surface area contributed by atoms with E-state index in [4.69, 9.17) is 14.2 Å². The molecule has 2 aliphatic rings. The molecular formula is C19H38N2O4. The van der Waals surface area contributed by atoms with E-state index >= 15 is 0 Å². The number of nitrogens with zero attached hydrogens (tertiary/aromatic N) is 2. The average Bonchev–Trinajstić information content (AvgIpc) is 2.65. The van der Waals surface area contributed by atoms with Gasteiger partial charge in [0.2, 0.25) is 0 Å². The van der Waals surface area contributed by atoms with Crippen LogP contribution in [0.5, 0.6) is 0 Å². The first-order chi connectivity index (χ1) is 12.3. The number of piperidine rings is 2. The molecule has 0 bridgehead atoms. The zero-order valence-electron chi connectivity index (χ0n) is 15.9. The third-order valence-electron chi connectivity index (χ3n) is 4.97. The van der Waals surface area contributed by atoms with Crippen LogP contribution in [0.2, 0.25) is 0 Å². The van der Waals surface area contributed by atoms with Crippen molar-refractivity contribution in [3.05, 3.63) is 0 Å². The largest absolute Gasteiger partial charge is 0.389 e. The second-order valence-corrected chi connectivity index (χ2v) is 7.22. The summed E-state index contributed by atoms with van der Waals surface area (Å²) in [6, 6.07) is 0. The van der Waals surface area contributed by atoms with Gasteiger partial charge in [-0.15, -0.1) is 0 Å². The van der Waals surface area contributed by atoms with Crippen molar-refractivity contribution in [3.63, 3.8) is 0 Å². The van der Waals surface area contributed by atoms with Gasteiger partial charge in [-0.1, -0.05) is 12.8 Å². The first-order valence-electron chi connectivity index (χ1n) is 10.2. The third-order valence-corrected chi connectivity index (χ3v) is 4.97. The molecule has 2 fully saturated rings. The van der Waals surface area contributed by atoms with Crippen LogP contribution in [0.1, 0.15) is 38.5 Å². The Labute approximate surface area is 153 Å². The van der Waals surface area contributed by atoms with Crippen LogP contribution in [-0.2, 0) is 14.2 Å². The number of aliphatic hydroxyl groups is 1. The molecule has 0 amide bonds. The molecule has 2 heterocycles. The molecule has 25 heavy (non-hydrogen) atoms. The molecule has 2 saturated heterocycles. The van der Waals surface area contributed by atoms with E-state index in [9.17, 15) is 5.11 Å². The van der Waals surface area contributed by atoms with Gasteiger partial charge in [-0.05, 0) is 51.9 Å². The SMILES string of the molecule is OC(COCCOCCOCCN1CCCCC1)CN1CCCCC1. The van der Waals surface area contributed by atoms with Gasteiger partial charge in [-0.25, -0.2) is 0 Å². The molecule has 0 aromatic rings. The molecule has 0 aromatic carbocycles. The van der Waals surface area contributed by atoms with Crippen LogP contribution in [-0.4, -0.2) is 99.9 Å². The Morgan fingerprint density at radius 3 is 1.80 bits per heavy atom. The summed E-state index contributed by atoms with van der Waals surface area (Å²) in [5.41, 5.74) is 0. The minimum absolute atomic E-state index is 0.392. The van der Waals surface area contributed by atoms with Crippen molar-refractivity contribution in [1.29, 1.82) is 0 Å². The van der Waals surface area contributed by atoms with Crippen LogP contribution in [0.15, 0.2) is 0 Å². The first kappa shape index (κ1) is 21.1. The summed E-state index contributed by atoms with van der Waals surface area (Å²) < 4.78 is 16.6. The van der Waals surface area contributed by atoms with Crippen LogP contribution in [0, 0.1) is 0 Å². The standard InChI is InChI=1S/C19H38N2O4/c22-19(17-21-9-5-2-6-10-21)18-25-16-15-24-14-13-23-12-11-20-7-3-1-4-8-20/h19,22H,1-18H2. The Hall–Kier alpha value is -0.240. The fourth-order valence-electron chi connectivity index (χ4n) is 3.53. The molecule has 0 aliphatic carbocycles. The summed E-state index contributed by atoms with van der Waals surface area (Å²) in [6.45, 7) is 9.97. The van der Waals surface area contributed by atoms with Gasteiger partial charge in [0.1, 0.15) is 0 Å². The van der Waals surface area contributed by atoms with Crippen LogP contribution in [0.3, 0.4) is 0 Å². The number of hydrogen-bond donors (Lipinski definition) is 1. The zero-order valence-corrected chi connectivity index (χ0v) is 15.9. The lowest BCUT2D eigenvalue weighted by atomic mass is 10.1. The van der Waals surface area contributed by atoms with Crippen molar-refractivity contribution in [1.82, 2.24) is 9.80 Å². The molecule has 0 radical (unpaired) electrons. The van der Waals surface area contributed by atoms with E-state index < -0.39 is 6.10 Å². The fourth-order valence-corrected chi connectivity index (χ4v) is 3.53. The molecule has 148 valence electrons. The highest BCUT2D eigenvalue weighted by atomic mass is 16.5. The topological polar surface area (TPSA) is 54.4 Å². The number of rotatable bonds is 13. The molecule has 2 rings (SSSR count). The lowest BCUT2D eigenvalue weighted by Gasteiger charge is -2.28. The lowest BCUT2D eigenvalue weighted by molar-refractivity contribution is -0.0198. The number of ether oxygens (including phenoxy) is 3. The molecular weight excluding hydrogens is 320 g/mol. The van der Waals surface area contributed by atoms with Gasteiger partial charge in [0.25, 0.3) is 0 Å². The molecule has 2 aliphatic heterocycles. The Balaban J connectivity index is 1.30. The molecule has 0 saturated carbocycles.